The van der Waals surface area contributed by atoms with E-state index in [0.717, 1.165) is 5.56 Å². The third-order valence-corrected chi connectivity index (χ3v) is 2.76. The van der Waals surface area contributed by atoms with Gasteiger partial charge < -0.3 is 10.1 Å². The zero-order valence-electron chi connectivity index (χ0n) is 11.2. The smallest absolute Gasteiger partial charge is 0.219 e. The molecule has 0 aliphatic carbocycles. The second-order valence-corrected chi connectivity index (χ2v) is 4.33. The molecule has 4 heteroatoms. The van der Waals surface area contributed by atoms with Crippen molar-refractivity contribution in [2.75, 3.05) is 0 Å². The normalized spacial score (nSPS) is 10.1. The maximum atomic E-state index is 12.8. The molecule has 0 saturated heterocycles. The molecule has 0 fully saturated rings. The highest BCUT2D eigenvalue weighted by Gasteiger charge is 2.01. The SMILES string of the molecule is CCC(=O)NCc1cccc(Oc2ccc(F)cc2)c1. The third-order valence-electron chi connectivity index (χ3n) is 2.76. The Morgan fingerprint density at radius 1 is 1.15 bits per heavy atom. The number of hydrogen-bond acceptors (Lipinski definition) is 2. The van der Waals surface area contributed by atoms with Crippen LogP contribution in [0.4, 0.5) is 4.39 Å². The van der Waals surface area contributed by atoms with Crippen LogP contribution in [-0.4, -0.2) is 5.91 Å². The molecule has 0 radical (unpaired) electrons. The van der Waals surface area contributed by atoms with Gasteiger partial charge in [0.25, 0.3) is 0 Å². The molecule has 0 aliphatic heterocycles. The lowest BCUT2D eigenvalue weighted by molar-refractivity contribution is -0.120. The predicted molar refractivity (Wildman–Crippen MR) is 75.1 cm³/mol. The lowest BCUT2D eigenvalue weighted by Gasteiger charge is -2.08. The van der Waals surface area contributed by atoms with E-state index in [1.54, 1.807) is 12.1 Å². The van der Waals surface area contributed by atoms with Crippen LogP contribution in [-0.2, 0) is 11.3 Å². The Kier molecular flexibility index (Phi) is 4.71. The van der Waals surface area contributed by atoms with Crippen molar-refractivity contribution in [3.8, 4) is 11.5 Å². The number of ether oxygens (including phenoxy) is 1. The molecule has 20 heavy (non-hydrogen) atoms. The minimum absolute atomic E-state index is 0.00913. The Morgan fingerprint density at radius 2 is 1.90 bits per heavy atom. The molecule has 3 nitrogen and oxygen atoms in total. The second-order valence-electron chi connectivity index (χ2n) is 4.33. The van der Waals surface area contributed by atoms with E-state index >= 15 is 0 Å². The number of carbonyl (C=O) groups excluding carboxylic acids is 1. The first-order chi connectivity index (χ1) is 9.67. The second kappa shape index (κ2) is 6.70. The topological polar surface area (TPSA) is 38.3 Å². The van der Waals surface area contributed by atoms with Crippen molar-refractivity contribution < 1.29 is 13.9 Å². The summed E-state index contributed by atoms with van der Waals surface area (Å²) in [5, 5.41) is 2.80. The van der Waals surface area contributed by atoms with Gasteiger partial charge in [0.15, 0.2) is 0 Å². The van der Waals surface area contributed by atoms with E-state index in [-0.39, 0.29) is 11.7 Å². The minimum atomic E-state index is -0.298. The molecular formula is C16H16FNO2. The first-order valence-corrected chi connectivity index (χ1v) is 6.46. The van der Waals surface area contributed by atoms with Gasteiger partial charge in [-0.15, -0.1) is 0 Å². The average Bonchev–Trinajstić information content (AvgIpc) is 2.47. The molecule has 1 amide bonds. The van der Waals surface area contributed by atoms with Crippen LogP contribution in [0.5, 0.6) is 11.5 Å². The molecule has 0 heterocycles. The van der Waals surface area contributed by atoms with E-state index < -0.39 is 0 Å². The molecule has 104 valence electrons. The first-order valence-electron chi connectivity index (χ1n) is 6.46. The lowest BCUT2D eigenvalue weighted by Crippen LogP contribution is -2.21. The molecule has 2 rings (SSSR count). The van der Waals surface area contributed by atoms with Crippen LogP contribution >= 0.6 is 0 Å². The van der Waals surface area contributed by atoms with Gasteiger partial charge in [-0.1, -0.05) is 19.1 Å². The molecule has 0 aliphatic rings. The van der Waals surface area contributed by atoms with E-state index in [4.69, 9.17) is 4.74 Å². The highest BCUT2D eigenvalue weighted by Crippen LogP contribution is 2.22. The maximum absolute atomic E-state index is 12.8. The summed E-state index contributed by atoms with van der Waals surface area (Å²) in [7, 11) is 0. The Hall–Kier alpha value is -2.36. The van der Waals surface area contributed by atoms with Gasteiger partial charge in [0.1, 0.15) is 17.3 Å². The molecule has 2 aromatic carbocycles. The maximum Gasteiger partial charge on any atom is 0.219 e. The number of carbonyl (C=O) groups is 1. The standard InChI is InChI=1S/C16H16FNO2/c1-2-16(19)18-11-12-4-3-5-15(10-12)20-14-8-6-13(17)7-9-14/h3-10H,2,11H2,1H3,(H,18,19). The van der Waals surface area contributed by atoms with E-state index in [9.17, 15) is 9.18 Å². The largest absolute Gasteiger partial charge is 0.457 e. The van der Waals surface area contributed by atoms with Crippen LogP contribution < -0.4 is 10.1 Å². The molecule has 0 bridgehead atoms. The van der Waals surface area contributed by atoms with E-state index in [1.165, 1.54) is 12.1 Å². The zero-order chi connectivity index (χ0) is 14.4. The van der Waals surface area contributed by atoms with Gasteiger partial charge in [-0.2, -0.15) is 0 Å². The van der Waals surface area contributed by atoms with Crippen LogP contribution in [0.15, 0.2) is 48.5 Å². The quantitative estimate of drug-likeness (QED) is 0.903. The summed E-state index contributed by atoms with van der Waals surface area (Å²) in [5.74, 6) is 0.934. The van der Waals surface area contributed by atoms with Gasteiger partial charge in [0.2, 0.25) is 5.91 Å². The number of benzene rings is 2. The van der Waals surface area contributed by atoms with Crippen molar-refractivity contribution in [2.45, 2.75) is 19.9 Å². The Bertz CT molecular complexity index is 581. The fourth-order valence-corrected chi connectivity index (χ4v) is 1.68. The number of amides is 1. The van der Waals surface area contributed by atoms with Crippen molar-refractivity contribution in [2.24, 2.45) is 0 Å². The van der Waals surface area contributed by atoms with Gasteiger partial charge in [0, 0.05) is 13.0 Å². The summed E-state index contributed by atoms with van der Waals surface area (Å²) in [6.45, 7) is 2.27. The number of hydrogen-bond donors (Lipinski definition) is 1. The van der Waals surface area contributed by atoms with Crippen molar-refractivity contribution >= 4 is 5.91 Å². The van der Waals surface area contributed by atoms with Crippen LogP contribution in [0, 0.1) is 5.82 Å². The molecular weight excluding hydrogens is 257 g/mol. The van der Waals surface area contributed by atoms with Crippen molar-refractivity contribution in [3.63, 3.8) is 0 Å². The fraction of sp³-hybridized carbons (Fsp3) is 0.188. The van der Waals surface area contributed by atoms with Crippen molar-refractivity contribution in [1.29, 1.82) is 0 Å². The highest BCUT2D eigenvalue weighted by atomic mass is 19.1. The van der Waals surface area contributed by atoms with Crippen LogP contribution in [0.1, 0.15) is 18.9 Å². The lowest BCUT2D eigenvalue weighted by atomic mass is 10.2. The average molecular weight is 273 g/mol. The summed E-state index contributed by atoms with van der Waals surface area (Å²) in [4.78, 5) is 11.2. The Labute approximate surface area is 117 Å². The Balaban J connectivity index is 2.02. The first kappa shape index (κ1) is 14.1. The summed E-state index contributed by atoms with van der Waals surface area (Å²) < 4.78 is 18.4. The molecule has 0 atom stereocenters. The van der Waals surface area contributed by atoms with Crippen molar-refractivity contribution in [3.05, 3.63) is 59.9 Å². The van der Waals surface area contributed by atoms with Crippen LogP contribution in [0.3, 0.4) is 0 Å². The van der Waals surface area contributed by atoms with Crippen molar-refractivity contribution in [1.82, 2.24) is 5.32 Å². The third kappa shape index (κ3) is 4.09. The summed E-state index contributed by atoms with van der Waals surface area (Å²) in [6.07, 6.45) is 0.464. The van der Waals surface area contributed by atoms with Gasteiger partial charge >= 0.3 is 0 Å². The molecule has 0 spiro atoms. The minimum Gasteiger partial charge on any atom is -0.457 e. The molecule has 0 aromatic heterocycles. The summed E-state index contributed by atoms with van der Waals surface area (Å²) in [6, 6.07) is 13.3. The Morgan fingerprint density at radius 3 is 2.60 bits per heavy atom. The zero-order valence-corrected chi connectivity index (χ0v) is 11.2. The number of rotatable bonds is 5. The molecule has 1 N–H and O–H groups in total. The van der Waals surface area contributed by atoms with Crippen LogP contribution in [0.25, 0.3) is 0 Å². The van der Waals surface area contributed by atoms with E-state index in [0.29, 0.717) is 24.5 Å². The van der Waals surface area contributed by atoms with Gasteiger partial charge in [0.05, 0.1) is 0 Å². The predicted octanol–water partition coefficient (Wildman–Crippen LogP) is 3.64. The van der Waals surface area contributed by atoms with Gasteiger partial charge in [-0.3, -0.25) is 4.79 Å². The number of nitrogens with one attached hydrogen (secondary N) is 1. The molecule has 0 saturated carbocycles. The van der Waals surface area contributed by atoms with E-state index in [2.05, 4.69) is 5.32 Å². The monoisotopic (exact) mass is 273 g/mol. The summed E-state index contributed by atoms with van der Waals surface area (Å²) in [5.41, 5.74) is 0.950. The van der Waals surface area contributed by atoms with Gasteiger partial charge in [-0.05, 0) is 42.0 Å². The van der Waals surface area contributed by atoms with Gasteiger partial charge in [-0.25, -0.2) is 4.39 Å². The number of halogens is 1. The summed E-state index contributed by atoms with van der Waals surface area (Å²) >= 11 is 0. The fourth-order valence-electron chi connectivity index (χ4n) is 1.68. The van der Waals surface area contributed by atoms with E-state index in [1.807, 2.05) is 31.2 Å². The molecule has 0 unspecified atom stereocenters. The molecule has 2 aromatic rings. The highest BCUT2D eigenvalue weighted by molar-refractivity contribution is 5.75. The van der Waals surface area contributed by atoms with Crippen LogP contribution in [0.2, 0.25) is 0 Å².